The van der Waals surface area contributed by atoms with Crippen LogP contribution in [0.3, 0.4) is 0 Å². The van der Waals surface area contributed by atoms with Crippen LogP contribution in [0.5, 0.6) is 5.75 Å². The summed E-state index contributed by atoms with van der Waals surface area (Å²) in [6, 6.07) is 6.97. The number of hydrogen-bond acceptors (Lipinski definition) is 4. The van der Waals surface area contributed by atoms with Gasteiger partial charge in [0.2, 0.25) is 0 Å². The topological polar surface area (TPSA) is 58.6 Å². The fraction of sp³-hybridized carbons (Fsp3) is 0.462. The summed E-state index contributed by atoms with van der Waals surface area (Å²) in [5.74, 6) is 1.01. The smallest absolute Gasteiger partial charge is 0.407 e. The molecule has 0 fully saturated rings. The third-order valence-corrected chi connectivity index (χ3v) is 2.89. The molecule has 0 aliphatic carbocycles. The second-order valence-electron chi connectivity index (χ2n) is 4.77. The van der Waals surface area contributed by atoms with E-state index in [1.165, 1.54) is 0 Å². The van der Waals surface area contributed by atoms with Gasteiger partial charge >= 0.3 is 6.09 Å². The molecule has 4 nitrogen and oxygen atoms in total. The number of rotatable bonds is 4. The third-order valence-electron chi connectivity index (χ3n) is 1.88. The van der Waals surface area contributed by atoms with Crippen molar-refractivity contribution in [3.63, 3.8) is 0 Å². The van der Waals surface area contributed by atoms with E-state index < -0.39 is 11.7 Å². The monoisotopic (exact) mass is 269 g/mol. The predicted molar refractivity (Wildman–Crippen MR) is 73.1 cm³/mol. The zero-order valence-corrected chi connectivity index (χ0v) is 11.7. The van der Waals surface area contributed by atoms with Crippen LogP contribution in [-0.4, -0.2) is 29.1 Å². The van der Waals surface area contributed by atoms with Crippen molar-refractivity contribution >= 4 is 17.9 Å². The molecule has 1 amide bonds. The number of hydrogen-bond donors (Lipinski definition) is 2. The Morgan fingerprint density at radius 2 is 1.94 bits per heavy atom. The minimum Gasteiger partial charge on any atom is -0.508 e. The maximum Gasteiger partial charge on any atom is 0.407 e. The molecule has 1 aromatic rings. The Hall–Kier alpha value is -1.36. The van der Waals surface area contributed by atoms with Crippen molar-refractivity contribution in [2.75, 3.05) is 12.3 Å². The number of alkyl carbamates (subject to hydrolysis) is 1. The van der Waals surface area contributed by atoms with Gasteiger partial charge in [-0.3, -0.25) is 0 Å². The molecule has 0 bridgehead atoms. The maximum atomic E-state index is 11.3. The van der Waals surface area contributed by atoms with Crippen molar-refractivity contribution < 1.29 is 14.6 Å². The largest absolute Gasteiger partial charge is 0.508 e. The molecule has 0 aromatic heterocycles. The lowest BCUT2D eigenvalue weighted by molar-refractivity contribution is 0.0531. The first kappa shape index (κ1) is 14.7. The second kappa shape index (κ2) is 6.54. The summed E-state index contributed by atoms with van der Waals surface area (Å²) in [7, 11) is 0. The van der Waals surface area contributed by atoms with Crippen LogP contribution < -0.4 is 5.32 Å². The van der Waals surface area contributed by atoms with Gasteiger partial charge < -0.3 is 15.2 Å². The van der Waals surface area contributed by atoms with Gasteiger partial charge in [0.25, 0.3) is 0 Å². The summed E-state index contributed by atoms with van der Waals surface area (Å²) < 4.78 is 5.11. The molecule has 100 valence electrons. The van der Waals surface area contributed by atoms with Gasteiger partial charge in [0.15, 0.2) is 0 Å². The first-order valence-electron chi connectivity index (χ1n) is 5.75. The fourth-order valence-corrected chi connectivity index (χ4v) is 1.95. The highest BCUT2D eigenvalue weighted by Crippen LogP contribution is 2.19. The van der Waals surface area contributed by atoms with Crippen molar-refractivity contribution in [3.05, 3.63) is 24.3 Å². The fourth-order valence-electron chi connectivity index (χ4n) is 1.18. The number of phenolic OH excluding ortho intramolecular Hbond substituents is 1. The van der Waals surface area contributed by atoms with Gasteiger partial charge in [-0.05, 0) is 45.0 Å². The van der Waals surface area contributed by atoms with Gasteiger partial charge in [-0.2, -0.15) is 0 Å². The van der Waals surface area contributed by atoms with E-state index >= 15 is 0 Å². The van der Waals surface area contributed by atoms with Gasteiger partial charge in [0.1, 0.15) is 11.4 Å². The summed E-state index contributed by atoms with van der Waals surface area (Å²) >= 11 is 1.61. The van der Waals surface area contributed by atoms with E-state index in [4.69, 9.17) is 9.84 Å². The first-order valence-corrected chi connectivity index (χ1v) is 6.74. The molecular weight excluding hydrogens is 250 g/mol. The molecule has 0 heterocycles. The molecule has 0 atom stereocenters. The molecule has 18 heavy (non-hydrogen) atoms. The molecule has 0 unspecified atom stereocenters. The molecule has 1 rings (SSSR count). The van der Waals surface area contributed by atoms with Crippen LogP contribution in [0.2, 0.25) is 0 Å². The number of thioether (sulfide) groups is 1. The highest BCUT2D eigenvalue weighted by Gasteiger charge is 2.15. The van der Waals surface area contributed by atoms with Gasteiger partial charge in [0.05, 0.1) is 0 Å². The van der Waals surface area contributed by atoms with E-state index in [9.17, 15) is 4.79 Å². The minimum atomic E-state index is -0.464. The van der Waals surface area contributed by atoms with Crippen molar-refractivity contribution in [1.82, 2.24) is 5.32 Å². The molecule has 0 radical (unpaired) electrons. The molecular formula is C13H19NO3S. The molecule has 0 aliphatic rings. The first-order chi connectivity index (χ1) is 8.37. The number of amides is 1. The quantitative estimate of drug-likeness (QED) is 0.651. The van der Waals surface area contributed by atoms with Crippen molar-refractivity contribution in [3.8, 4) is 5.75 Å². The van der Waals surface area contributed by atoms with Gasteiger partial charge in [-0.25, -0.2) is 4.79 Å². The van der Waals surface area contributed by atoms with Gasteiger partial charge in [-0.15, -0.1) is 11.8 Å². The van der Waals surface area contributed by atoms with E-state index in [1.807, 2.05) is 32.9 Å². The molecule has 0 spiro atoms. The SMILES string of the molecule is CC(C)(C)OC(=O)NCCSc1ccc(O)cc1. The third kappa shape index (κ3) is 6.39. The number of benzene rings is 1. The Balaban J connectivity index is 2.19. The summed E-state index contributed by atoms with van der Waals surface area (Å²) in [4.78, 5) is 12.4. The zero-order chi connectivity index (χ0) is 13.6. The molecule has 1 aromatic carbocycles. The Labute approximate surface area is 112 Å². The molecule has 0 saturated heterocycles. The van der Waals surface area contributed by atoms with E-state index in [2.05, 4.69) is 5.32 Å². The van der Waals surface area contributed by atoms with E-state index in [0.29, 0.717) is 6.54 Å². The predicted octanol–water partition coefficient (Wildman–Crippen LogP) is 3.01. The zero-order valence-electron chi connectivity index (χ0n) is 10.9. The van der Waals surface area contributed by atoms with E-state index in [0.717, 1.165) is 10.6 Å². The van der Waals surface area contributed by atoms with Crippen LogP contribution >= 0.6 is 11.8 Å². The molecule has 0 saturated carbocycles. The highest BCUT2D eigenvalue weighted by atomic mass is 32.2. The number of phenols is 1. The van der Waals surface area contributed by atoms with Crippen molar-refractivity contribution in [1.29, 1.82) is 0 Å². The Bertz CT molecular complexity index is 384. The number of ether oxygens (including phenoxy) is 1. The van der Waals surface area contributed by atoms with Gasteiger partial charge in [-0.1, -0.05) is 0 Å². The Kier molecular flexibility index (Phi) is 5.34. The lowest BCUT2D eigenvalue weighted by Gasteiger charge is -2.19. The minimum absolute atomic E-state index is 0.256. The number of nitrogens with one attached hydrogen (secondary N) is 1. The summed E-state index contributed by atoms with van der Waals surface area (Å²) in [5.41, 5.74) is -0.464. The lowest BCUT2D eigenvalue weighted by Crippen LogP contribution is -2.33. The summed E-state index contributed by atoms with van der Waals surface area (Å²) in [5, 5.41) is 11.8. The standard InChI is InChI=1S/C13H19NO3S/c1-13(2,3)17-12(16)14-8-9-18-11-6-4-10(15)5-7-11/h4-7,15H,8-9H2,1-3H3,(H,14,16). The molecule has 2 N–H and O–H groups in total. The van der Waals surface area contributed by atoms with Crippen LogP contribution in [0.4, 0.5) is 4.79 Å². The lowest BCUT2D eigenvalue weighted by atomic mass is 10.2. The van der Waals surface area contributed by atoms with Crippen LogP contribution in [0.25, 0.3) is 0 Å². The normalized spacial score (nSPS) is 11.1. The Morgan fingerprint density at radius 3 is 2.50 bits per heavy atom. The Morgan fingerprint density at radius 1 is 1.33 bits per heavy atom. The van der Waals surface area contributed by atoms with Crippen LogP contribution in [0, 0.1) is 0 Å². The van der Waals surface area contributed by atoms with Crippen LogP contribution in [0.15, 0.2) is 29.2 Å². The number of aromatic hydroxyl groups is 1. The van der Waals surface area contributed by atoms with Crippen molar-refractivity contribution in [2.24, 2.45) is 0 Å². The number of carbonyl (C=O) groups is 1. The van der Waals surface area contributed by atoms with Gasteiger partial charge in [0, 0.05) is 17.2 Å². The average Bonchev–Trinajstić information content (AvgIpc) is 2.24. The number of carbonyl (C=O) groups excluding carboxylic acids is 1. The maximum absolute atomic E-state index is 11.3. The van der Waals surface area contributed by atoms with Crippen LogP contribution in [-0.2, 0) is 4.74 Å². The van der Waals surface area contributed by atoms with E-state index in [1.54, 1.807) is 23.9 Å². The average molecular weight is 269 g/mol. The second-order valence-corrected chi connectivity index (χ2v) is 5.94. The summed E-state index contributed by atoms with van der Waals surface area (Å²) in [6.07, 6.45) is -0.395. The van der Waals surface area contributed by atoms with Crippen molar-refractivity contribution in [2.45, 2.75) is 31.3 Å². The van der Waals surface area contributed by atoms with Crippen LogP contribution in [0.1, 0.15) is 20.8 Å². The molecule has 5 heteroatoms. The molecule has 0 aliphatic heterocycles. The highest BCUT2D eigenvalue weighted by molar-refractivity contribution is 7.99. The summed E-state index contributed by atoms with van der Waals surface area (Å²) in [6.45, 7) is 6.04. The van der Waals surface area contributed by atoms with E-state index in [-0.39, 0.29) is 5.75 Å².